The lowest BCUT2D eigenvalue weighted by molar-refractivity contribution is 0.0969. The fourth-order valence-electron chi connectivity index (χ4n) is 3.21. The fourth-order valence-corrected chi connectivity index (χ4v) is 3.21. The van der Waals surface area contributed by atoms with E-state index in [9.17, 15) is 18.0 Å². The van der Waals surface area contributed by atoms with Crippen molar-refractivity contribution in [1.82, 2.24) is 19.9 Å². The summed E-state index contributed by atoms with van der Waals surface area (Å²) in [5, 5.41) is 6.51. The second kappa shape index (κ2) is 9.99. The lowest BCUT2D eigenvalue weighted by atomic mass is 10.1. The number of hydrogen-bond donors (Lipinski definition) is 2. The summed E-state index contributed by atoms with van der Waals surface area (Å²) in [6.45, 7) is 0.240. The molecule has 4 rings (SSSR count). The summed E-state index contributed by atoms with van der Waals surface area (Å²) in [4.78, 5) is 21.5. The lowest BCUT2D eigenvalue weighted by Crippen LogP contribution is -2.24. The highest BCUT2D eigenvalue weighted by atomic mass is 19.3. The largest absolute Gasteiger partial charge is 0.403 e. The number of nitrogens with zero attached hydrogens (tertiary/aromatic N) is 4. The topological polar surface area (TPSA) is 97.7 Å². The molecule has 10 heteroatoms. The van der Waals surface area contributed by atoms with Crippen LogP contribution in [0.25, 0.3) is 16.9 Å². The van der Waals surface area contributed by atoms with Crippen LogP contribution in [0.1, 0.15) is 28.0 Å². The summed E-state index contributed by atoms with van der Waals surface area (Å²) in [5.74, 6) is -0.993. The Balaban J connectivity index is 1.59. The van der Waals surface area contributed by atoms with E-state index in [1.807, 2.05) is 0 Å². The van der Waals surface area contributed by atoms with E-state index in [1.165, 1.54) is 30.6 Å². The van der Waals surface area contributed by atoms with E-state index in [2.05, 4.69) is 20.4 Å². The maximum Gasteiger partial charge on any atom is 0.280 e. The molecular formula is C24H19F3N6O. The molecule has 4 aromatic rings. The first-order chi connectivity index (χ1) is 16.5. The minimum atomic E-state index is -2.83. The van der Waals surface area contributed by atoms with Gasteiger partial charge in [-0.15, -0.1) is 0 Å². The average Bonchev–Trinajstić information content (AvgIpc) is 3.28. The predicted molar refractivity (Wildman–Crippen MR) is 122 cm³/mol. The van der Waals surface area contributed by atoms with E-state index in [4.69, 9.17) is 5.73 Å². The second-order valence-corrected chi connectivity index (χ2v) is 7.20. The highest BCUT2D eigenvalue weighted by Gasteiger charge is 2.21. The summed E-state index contributed by atoms with van der Waals surface area (Å²) in [5.41, 5.74) is 7.03. The van der Waals surface area contributed by atoms with Gasteiger partial charge in [0, 0.05) is 18.0 Å². The summed E-state index contributed by atoms with van der Waals surface area (Å²) in [6, 6.07) is 15.9. The van der Waals surface area contributed by atoms with Gasteiger partial charge in [0.15, 0.2) is 5.65 Å². The fraction of sp³-hybridized carbons (Fsp3) is 0.0833. The number of nitrogens with two attached hydrogens (primary N) is 1. The van der Waals surface area contributed by atoms with Crippen molar-refractivity contribution in [2.45, 2.75) is 13.0 Å². The van der Waals surface area contributed by atoms with Crippen molar-refractivity contribution in [3.05, 3.63) is 101 Å². The Hall–Kier alpha value is -4.47. The van der Waals surface area contributed by atoms with Crippen LogP contribution in [0.15, 0.2) is 83.7 Å². The maximum atomic E-state index is 13.7. The molecule has 3 N–H and O–H groups in total. The van der Waals surface area contributed by atoms with Crippen LogP contribution in [-0.4, -0.2) is 26.7 Å². The number of amides is 1. The number of allylic oxidation sites excluding steroid dienone is 1. The number of nitrogens with one attached hydrogen (secondary N) is 1. The molecule has 0 spiro atoms. The smallest absolute Gasteiger partial charge is 0.280 e. The molecule has 0 aliphatic carbocycles. The molecule has 34 heavy (non-hydrogen) atoms. The number of halogens is 3. The highest BCUT2D eigenvalue weighted by molar-refractivity contribution is 6.03. The molecule has 0 unspecified atom stereocenters. The molecule has 2 aromatic carbocycles. The molecule has 0 fully saturated rings. The van der Waals surface area contributed by atoms with Gasteiger partial charge in [0.25, 0.3) is 12.3 Å². The van der Waals surface area contributed by atoms with Crippen LogP contribution in [0, 0.1) is 5.82 Å². The average molecular weight is 464 g/mol. The molecule has 0 aliphatic heterocycles. The number of rotatable bonds is 7. The third-order valence-corrected chi connectivity index (χ3v) is 4.89. The van der Waals surface area contributed by atoms with Crippen LogP contribution >= 0.6 is 0 Å². The molecule has 0 saturated carbocycles. The number of fused-ring (bicyclic) bond motifs is 1. The van der Waals surface area contributed by atoms with E-state index < -0.39 is 18.0 Å². The number of aromatic nitrogens is 3. The highest BCUT2D eigenvalue weighted by Crippen LogP contribution is 2.26. The van der Waals surface area contributed by atoms with Crippen LogP contribution in [0.2, 0.25) is 0 Å². The number of benzene rings is 2. The summed E-state index contributed by atoms with van der Waals surface area (Å²) < 4.78 is 41.4. The van der Waals surface area contributed by atoms with Gasteiger partial charge in [-0.1, -0.05) is 42.5 Å². The lowest BCUT2D eigenvalue weighted by Gasteiger charge is -2.09. The molecule has 172 valence electrons. The standard InChI is InChI=1S/C24H19F3N6O/c25-17-8-6-15(7-9-17)12-29-13-18(11-28)31-24(34)19-14-30-33-21(22(26)27)10-20(32-23(19)33)16-4-2-1-3-5-16/h1-11,13-14,22H,12,28H2,(H,31,34). The molecule has 0 atom stereocenters. The van der Waals surface area contributed by atoms with E-state index in [1.54, 1.807) is 42.5 Å². The Kier molecular flexibility index (Phi) is 6.67. The van der Waals surface area contributed by atoms with E-state index in [-0.39, 0.29) is 35.0 Å². The van der Waals surface area contributed by atoms with Gasteiger partial charge < -0.3 is 11.1 Å². The Bertz CT molecular complexity index is 1360. The van der Waals surface area contributed by atoms with Crippen LogP contribution in [0.5, 0.6) is 0 Å². The van der Waals surface area contributed by atoms with Gasteiger partial charge in [-0.25, -0.2) is 22.7 Å². The summed E-state index contributed by atoms with van der Waals surface area (Å²) >= 11 is 0. The summed E-state index contributed by atoms with van der Waals surface area (Å²) in [6.07, 6.45) is 0.829. The van der Waals surface area contributed by atoms with Gasteiger partial charge in [-0.05, 0) is 23.8 Å². The van der Waals surface area contributed by atoms with Crippen molar-refractivity contribution in [1.29, 1.82) is 0 Å². The van der Waals surface area contributed by atoms with Crippen molar-refractivity contribution >= 4 is 17.8 Å². The van der Waals surface area contributed by atoms with E-state index in [0.29, 0.717) is 5.56 Å². The quantitative estimate of drug-likeness (QED) is 0.399. The van der Waals surface area contributed by atoms with Gasteiger partial charge in [-0.3, -0.25) is 9.79 Å². The predicted octanol–water partition coefficient (Wildman–Crippen LogP) is 4.27. The van der Waals surface area contributed by atoms with Crippen LogP contribution in [0.3, 0.4) is 0 Å². The minimum Gasteiger partial charge on any atom is -0.403 e. The van der Waals surface area contributed by atoms with Crippen LogP contribution in [-0.2, 0) is 6.54 Å². The molecule has 0 bridgehead atoms. The molecule has 2 aromatic heterocycles. The molecule has 0 saturated heterocycles. The maximum absolute atomic E-state index is 13.7. The molecule has 1 amide bonds. The number of carbonyl (C=O) groups is 1. The molecular weight excluding hydrogens is 445 g/mol. The number of alkyl halides is 2. The van der Waals surface area contributed by atoms with E-state index >= 15 is 0 Å². The number of carbonyl (C=O) groups excluding carboxylic acids is 1. The van der Waals surface area contributed by atoms with Gasteiger partial charge in [0.2, 0.25) is 0 Å². The molecule has 0 radical (unpaired) electrons. The number of hydrogen-bond acceptors (Lipinski definition) is 5. The number of aliphatic imine (C=N–C) groups is 1. The molecule has 2 heterocycles. The first-order valence-corrected chi connectivity index (χ1v) is 10.2. The third kappa shape index (κ3) is 4.96. The summed E-state index contributed by atoms with van der Waals surface area (Å²) in [7, 11) is 0. The Morgan fingerprint density at radius 1 is 1.15 bits per heavy atom. The van der Waals surface area contributed by atoms with Gasteiger partial charge >= 0.3 is 0 Å². The van der Waals surface area contributed by atoms with Crippen molar-refractivity contribution in [3.63, 3.8) is 0 Å². The van der Waals surface area contributed by atoms with Gasteiger partial charge in [0.05, 0.1) is 24.1 Å². The normalized spacial score (nSPS) is 12.1. The van der Waals surface area contributed by atoms with Crippen molar-refractivity contribution in [2.24, 2.45) is 10.7 Å². The Labute approximate surface area is 192 Å². The first-order valence-electron chi connectivity index (χ1n) is 10.2. The Morgan fingerprint density at radius 2 is 1.88 bits per heavy atom. The van der Waals surface area contributed by atoms with Gasteiger partial charge in [-0.2, -0.15) is 5.10 Å². The SMILES string of the molecule is NC=C(C=NCc1ccc(F)cc1)NC(=O)c1cnn2c(C(F)F)cc(-c3ccccc3)nc12. The first kappa shape index (κ1) is 22.7. The molecule has 0 aliphatic rings. The third-order valence-electron chi connectivity index (χ3n) is 4.89. The molecule has 7 nitrogen and oxygen atoms in total. The monoisotopic (exact) mass is 464 g/mol. The van der Waals surface area contributed by atoms with Crippen molar-refractivity contribution < 1.29 is 18.0 Å². The van der Waals surface area contributed by atoms with Crippen LogP contribution < -0.4 is 11.1 Å². The second-order valence-electron chi connectivity index (χ2n) is 7.20. The zero-order valence-corrected chi connectivity index (χ0v) is 17.7. The minimum absolute atomic E-state index is 0.00837. The Morgan fingerprint density at radius 3 is 2.56 bits per heavy atom. The van der Waals surface area contributed by atoms with Crippen molar-refractivity contribution in [2.75, 3.05) is 0 Å². The van der Waals surface area contributed by atoms with Crippen molar-refractivity contribution in [3.8, 4) is 11.3 Å². The zero-order chi connectivity index (χ0) is 24.1. The van der Waals surface area contributed by atoms with E-state index in [0.717, 1.165) is 16.3 Å². The van der Waals surface area contributed by atoms with Crippen LogP contribution in [0.4, 0.5) is 13.2 Å². The van der Waals surface area contributed by atoms with Gasteiger partial charge in [0.1, 0.15) is 17.1 Å². The zero-order valence-electron chi connectivity index (χ0n) is 17.7.